The van der Waals surface area contributed by atoms with E-state index >= 15 is 0 Å². The van der Waals surface area contributed by atoms with Crippen LogP contribution in [0.5, 0.6) is 17.2 Å². The molecule has 8 nitrogen and oxygen atoms in total. The fourth-order valence-corrected chi connectivity index (χ4v) is 3.01. The van der Waals surface area contributed by atoms with Crippen LogP contribution in [0.2, 0.25) is 5.02 Å². The van der Waals surface area contributed by atoms with Crippen molar-refractivity contribution in [1.29, 1.82) is 0 Å². The molecule has 0 atom stereocenters. The molecule has 176 valence electrons. The molecule has 10 heteroatoms. The van der Waals surface area contributed by atoms with E-state index in [0.717, 1.165) is 5.75 Å². The van der Waals surface area contributed by atoms with Gasteiger partial charge in [-0.05, 0) is 48.6 Å². The number of carbonyl (C=O) groups is 2. The Morgan fingerprint density at radius 3 is 2.18 bits per heavy atom. The molecule has 0 radical (unpaired) electrons. The summed E-state index contributed by atoms with van der Waals surface area (Å²) < 4.78 is 16.6. The molecule has 3 aromatic carbocycles. The second-order valence-corrected chi connectivity index (χ2v) is 7.50. The van der Waals surface area contributed by atoms with Crippen LogP contribution >= 0.6 is 23.8 Å². The first-order valence-corrected chi connectivity index (χ1v) is 11.0. The van der Waals surface area contributed by atoms with Crippen molar-refractivity contribution < 1.29 is 23.8 Å². The predicted octanol–water partition coefficient (Wildman–Crippen LogP) is 3.51. The molecular weight excluding hydrogens is 478 g/mol. The monoisotopic (exact) mass is 499 g/mol. The maximum absolute atomic E-state index is 12.6. The maximum Gasteiger partial charge on any atom is 0.276 e. The minimum absolute atomic E-state index is 0.0988. The molecule has 0 bridgehead atoms. The average Bonchev–Trinajstić information content (AvgIpc) is 2.85. The minimum atomic E-state index is -0.515. The van der Waals surface area contributed by atoms with Crippen molar-refractivity contribution in [2.75, 3.05) is 19.8 Å². The Kier molecular flexibility index (Phi) is 9.51. The molecule has 3 rings (SSSR count). The number of hydrogen-bond donors (Lipinski definition) is 3. The van der Waals surface area contributed by atoms with Gasteiger partial charge in [-0.15, -0.1) is 0 Å². The van der Waals surface area contributed by atoms with Crippen LogP contribution in [0, 0.1) is 0 Å². The molecule has 0 unspecified atom stereocenters. The maximum atomic E-state index is 12.6. The second kappa shape index (κ2) is 13.0. The molecule has 3 N–H and O–H groups in total. The Labute approximate surface area is 207 Å². The van der Waals surface area contributed by atoms with E-state index in [0.29, 0.717) is 23.1 Å². The van der Waals surface area contributed by atoms with Gasteiger partial charge in [-0.25, -0.2) is 0 Å². The van der Waals surface area contributed by atoms with Crippen LogP contribution in [0.1, 0.15) is 10.4 Å². The number of carbonyl (C=O) groups excluding carboxylic acids is 2. The molecule has 0 heterocycles. The molecule has 0 aliphatic carbocycles. The van der Waals surface area contributed by atoms with Crippen LogP contribution in [0.25, 0.3) is 0 Å². The highest BCUT2D eigenvalue weighted by Crippen LogP contribution is 2.22. The van der Waals surface area contributed by atoms with Gasteiger partial charge in [-0.3, -0.25) is 25.8 Å². The van der Waals surface area contributed by atoms with Crippen molar-refractivity contribution >= 4 is 40.7 Å². The van der Waals surface area contributed by atoms with E-state index in [-0.39, 0.29) is 23.9 Å². The van der Waals surface area contributed by atoms with Crippen LogP contribution in [-0.4, -0.2) is 36.7 Å². The Morgan fingerprint density at radius 1 is 0.765 bits per heavy atom. The van der Waals surface area contributed by atoms with E-state index in [2.05, 4.69) is 16.2 Å². The fourth-order valence-electron chi connectivity index (χ4n) is 2.68. The highest BCUT2D eigenvalue weighted by Gasteiger charge is 2.14. The van der Waals surface area contributed by atoms with Gasteiger partial charge in [0.05, 0.1) is 10.6 Å². The lowest BCUT2D eigenvalue weighted by Crippen LogP contribution is -2.49. The summed E-state index contributed by atoms with van der Waals surface area (Å²) in [7, 11) is 0. The van der Waals surface area contributed by atoms with Crippen molar-refractivity contribution in [3.05, 3.63) is 89.4 Å². The zero-order valence-electron chi connectivity index (χ0n) is 18.0. The first-order valence-electron chi connectivity index (χ1n) is 10.2. The summed E-state index contributed by atoms with van der Waals surface area (Å²) >= 11 is 11.0. The number of amides is 2. The molecule has 2 amide bonds. The topological polar surface area (TPSA) is 97.9 Å². The molecule has 0 aliphatic heterocycles. The number of benzene rings is 3. The molecular formula is C24H22ClN3O5S. The molecule has 0 fully saturated rings. The Morgan fingerprint density at radius 2 is 1.41 bits per heavy atom. The highest BCUT2D eigenvalue weighted by molar-refractivity contribution is 7.80. The number of ether oxygens (including phenoxy) is 3. The molecule has 0 saturated heterocycles. The SMILES string of the molecule is O=C(COc1ccccc1Cl)NNC(=S)NC(=O)c1ccccc1OCCOc1ccccc1. The van der Waals surface area contributed by atoms with E-state index in [1.165, 1.54) is 0 Å². The average molecular weight is 500 g/mol. The summed E-state index contributed by atoms with van der Waals surface area (Å²) in [4.78, 5) is 24.6. The standard InChI is InChI=1S/C24H22ClN3O5S/c25-19-11-5-7-13-21(19)33-16-22(29)27-28-24(34)26-23(30)18-10-4-6-12-20(18)32-15-14-31-17-8-2-1-3-9-17/h1-13H,14-16H2,(H,27,29)(H2,26,28,30,34). The van der Waals surface area contributed by atoms with E-state index in [9.17, 15) is 9.59 Å². The highest BCUT2D eigenvalue weighted by atomic mass is 35.5. The van der Waals surface area contributed by atoms with Crippen LogP contribution in [0.3, 0.4) is 0 Å². The van der Waals surface area contributed by atoms with Gasteiger partial charge in [0.1, 0.15) is 30.5 Å². The zero-order chi connectivity index (χ0) is 24.2. The van der Waals surface area contributed by atoms with Crippen molar-refractivity contribution in [2.24, 2.45) is 0 Å². The predicted molar refractivity (Wildman–Crippen MR) is 132 cm³/mol. The smallest absolute Gasteiger partial charge is 0.276 e. The number of thiocarbonyl (C=S) groups is 1. The third-order valence-electron chi connectivity index (χ3n) is 4.22. The van der Waals surface area contributed by atoms with Gasteiger partial charge in [0.25, 0.3) is 11.8 Å². The van der Waals surface area contributed by atoms with Crippen LogP contribution in [0.4, 0.5) is 0 Å². The number of nitrogens with one attached hydrogen (secondary N) is 3. The lowest BCUT2D eigenvalue weighted by molar-refractivity contribution is -0.123. The first kappa shape index (κ1) is 24.8. The summed E-state index contributed by atoms with van der Waals surface area (Å²) in [5.74, 6) is 0.461. The molecule has 3 aromatic rings. The third-order valence-corrected chi connectivity index (χ3v) is 4.74. The van der Waals surface area contributed by atoms with Gasteiger partial charge in [-0.2, -0.15) is 0 Å². The lowest BCUT2D eigenvalue weighted by Gasteiger charge is -2.14. The molecule has 0 spiro atoms. The van der Waals surface area contributed by atoms with Gasteiger partial charge < -0.3 is 14.2 Å². The summed E-state index contributed by atoms with van der Waals surface area (Å²) in [6.07, 6.45) is 0. The Balaban J connectivity index is 1.42. The van der Waals surface area contributed by atoms with Gasteiger partial charge >= 0.3 is 0 Å². The van der Waals surface area contributed by atoms with Crippen molar-refractivity contribution in [2.45, 2.75) is 0 Å². The Hall–Kier alpha value is -3.82. The van der Waals surface area contributed by atoms with Crippen LogP contribution in [0.15, 0.2) is 78.9 Å². The van der Waals surface area contributed by atoms with Gasteiger partial charge in [-0.1, -0.05) is 54.1 Å². The number of rotatable bonds is 9. The number of para-hydroxylation sites is 3. The number of hydrazine groups is 1. The van der Waals surface area contributed by atoms with Gasteiger partial charge in [0, 0.05) is 0 Å². The lowest BCUT2D eigenvalue weighted by atomic mass is 10.2. The second-order valence-electron chi connectivity index (χ2n) is 6.68. The van der Waals surface area contributed by atoms with Crippen molar-refractivity contribution in [1.82, 2.24) is 16.2 Å². The van der Waals surface area contributed by atoms with Gasteiger partial charge in [0.15, 0.2) is 11.7 Å². The summed E-state index contributed by atoms with van der Waals surface area (Å²) in [5.41, 5.74) is 5.07. The van der Waals surface area contributed by atoms with Crippen LogP contribution < -0.4 is 30.4 Å². The molecule has 0 aromatic heterocycles. The minimum Gasteiger partial charge on any atom is -0.490 e. The van der Waals surface area contributed by atoms with E-state index in [4.69, 9.17) is 38.0 Å². The first-order chi connectivity index (χ1) is 16.5. The molecule has 0 saturated carbocycles. The van der Waals surface area contributed by atoms with E-state index in [1.807, 2.05) is 30.3 Å². The quantitative estimate of drug-likeness (QED) is 0.235. The van der Waals surface area contributed by atoms with Crippen molar-refractivity contribution in [3.63, 3.8) is 0 Å². The fraction of sp³-hybridized carbons (Fsp3) is 0.125. The van der Waals surface area contributed by atoms with Crippen molar-refractivity contribution in [3.8, 4) is 17.2 Å². The summed E-state index contributed by atoms with van der Waals surface area (Å²) in [5, 5.41) is 2.77. The van der Waals surface area contributed by atoms with Crippen LogP contribution in [-0.2, 0) is 4.79 Å². The Bertz CT molecular complexity index is 1130. The normalized spacial score (nSPS) is 10.0. The zero-order valence-corrected chi connectivity index (χ0v) is 19.5. The summed E-state index contributed by atoms with van der Waals surface area (Å²) in [6, 6.07) is 22.8. The van der Waals surface area contributed by atoms with Gasteiger partial charge in [0.2, 0.25) is 0 Å². The molecule has 0 aliphatic rings. The number of halogens is 1. The summed E-state index contributed by atoms with van der Waals surface area (Å²) in [6.45, 7) is 0.251. The van der Waals surface area contributed by atoms with E-state index in [1.54, 1.807) is 48.5 Å². The number of hydrogen-bond acceptors (Lipinski definition) is 6. The third kappa shape index (κ3) is 7.95. The van der Waals surface area contributed by atoms with E-state index < -0.39 is 11.8 Å². The molecule has 34 heavy (non-hydrogen) atoms. The largest absolute Gasteiger partial charge is 0.490 e.